The second-order valence-corrected chi connectivity index (χ2v) is 8.66. The normalized spacial score (nSPS) is 11.5. The first-order valence-corrected chi connectivity index (χ1v) is 12.3. The number of nitrogens with zero attached hydrogens (tertiary/aromatic N) is 2. The summed E-state index contributed by atoms with van der Waals surface area (Å²) in [6, 6.07) is 21.7. The van der Waals surface area contributed by atoms with Crippen LogP contribution in [0, 0.1) is 5.82 Å². The van der Waals surface area contributed by atoms with Crippen LogP contribution in [0.1, 0.15) is 67.7 Å². The first-order chi connectivity index (χ1) is 16.7. The lowest BCUT2D eigenvalue weighted by Gasteiger charge is -2.06. The van der Waals surface area contributed by atoms with Crippen LogP contribution in [0.15, 0.2) is 89.6 Å². The van der Waals surface area contributed by atoms with Crippen LogP contribution >= 0.6 is 0 Å². The molecule has 3 heteroatoms. The van der Waals surface area contributed by atoms with E-state index in [1.165, 1.54) is 42.9 Å². The quantitative estimate of drug-likeness (QED) is 0.107. The van der Waals surface area contributed by atoms with Gasteiger partial charge in [-0.2, -0.15) is 10.2 Å². The van der Waals surface area contributed by atoms with E-state index in [1.807, 2.05) is 42.5 Å². The molecule has 0 amide bonds. The van der Waals surface area contributed by atoms with Gasteiger partial charge in [-0.3, -0.25) is 0 Å². The molecule has 0 saturated carbocycles. The summed E-state index contributed by atoms with van der Waals surface area (Å²) >= 11 is 0. The Hall–Kier alpha value is -3.33. The highest BCUT2D eigenvalue weighted by Crippen LogP contribution is 2.24. The predicted octanol–water partition coefficient (Wildman–Crippen LogP) is 8.58. The molecule has 0 atom stereocenters. The van der Waals surface area contributed by atoms with Crippen molar-refractivity contribution in [2.45, 2.75) is 58.3 Å². The number of hydrogen-bond donors (Lipinski definition) is 0. The van der Waals surface area contributed by atoms with Gasteiger partial charge in [-0.1, -0.05) is 92.9 Å². The molecule has 0 heterocycles. The van der Waals surface area contributed by atoms with E-state index in [1.54, 1.807) is 12.4 Å². The van der Waals surface area contributed by atoms with Gasteiger partial charge >= 0.3 is 0 Å². The molecule has 0 unspecified atom stereocenters. The van der Waals surface area contributed by atoms with E-state index in [2.05, 4.69) is 48.0 Å². The molecule has 3 aromatic rings. The molecule has 3 rings (SSSR count). The predicted molar refractivity (Wildman–Crippen MR) is 144 cm³/mol. The van der Waals surface area contributed by atoms with Crippen LogP contribution in [0.4, 0.5) is 4.39 Å². The highest BCUT2D eigenvalue weighted by atomic mass is 19.1. The summed E-state index contributed by atoms with van der Waals surface area (Å²) in [7, 11) is 0. The molecule has 3 aromatic carbocycles. The minimum absolute atomic E-state index is 0.254. The summed E-state index contributed by atoms with van der Waals surface area (Å²) in [5.41, 5.74) is 5.78. The molecule has 0 saturated heterocycles. The van der Waals surface area contributed by atoms with E-state index in [4.69, 9.17) is 0 Å². The Morgan fingerprint density at radius 2 is 1.35 bits per heavy atom. The molecule has 0 spiro atoms. The number of unbranched alkanes of at least 4 members (excludes halogenated alkanes) is 4. The topological polar surface area (TPSA) is 24.7 Å². The summed E-state index contributed by atoms with van der Waals surface area (Å²) in [5.74, 6) is -0.254. The Kier molecular flexibility index (Phi) is 10.4. The molecule has 0 aliphatic carbocycles. The number of hydrogen-bond acceptors (Lipinski definition) is 2. The minimum Gasteiger partial charge on any atom is -0.206 e. The van der Waals surface area contributed by atoms with Crippen molar-refractivity contribution in [1.82, 2.24) is 0 Å². The fourth-order valence-corrected chi connectivity index (χ4v) is 3.87. The van der Waals surface area contributed by atoms with Crippen molar-refractivity contribution >= 4 is 12.4 Å². The van der Waals surface area contributed by atoms with Crippen molar-refractivity contribution in [1.29, 1.82) is 0 Å². The smallest absolute Gasteiger partial charge is 0.131 e. The zero-order valence-corrected chi connectivity index (χ0v) is 20.2. The summed E-state index contributed by atoms with van der Waals surface area (Å²) in [6.07, 6.45) is 14.5. The van der Waals surface area contributed by atoms with Crippen LogP contribution in [-0.4, -0.2) is 12.4 Å². The summed E-state index contributed by atoms with van der Waals surface area (Å²) < 4.78 is 14.7. The van der Waals surface area contributed by atoms with E-state index in [0.717, 1.165) is 36.8 Å². The molecule has 176 valence electrons. The fourth-order valence-electron chi connectivity index (χ4n) is 3.87. The Morgan fingerprint density at radius 1 is 0.735 bits per heavy atom. The maximum atomic E-state index is 14.7. The van der Waals surface area contributed by atoms with Crippen molar-refractivity contribution in [2.24, 2.45) is 10.2 Å². The molecule has 0 aromatic heterocycles. The van der Waals surface area contributed by atoms with Crippen LogP contribution in [0.3, 0.4) is 0 Å². The zero-order valence-electron chi connectivity index (χ0n) is 20.2. The number of allylic oxidation sites excluding steroid dienone is 1. The molecule has 0 N–H and O–H groups in total. The van der Waals surface area contributed by atoms with Crippen molar-refractivity contribution in [3.05, 3.63) is 107 Å². The maximum Gasteiger partial charge on any atom is 0.131 e. The third kappa shape index (κ3) is 8.22. The molecular weight excluding hydrogens is 419 g/mol. The van der Waals surface area contributed by atoms with E-state index >= 15 is 0 Å². The van der Waals surface area contributed by atoms with Gasteiger partial charge in [-0.15, -0.1) is 6.58 Å². The molecular formula is C31H35FN2. The van der Waals surface area contributed by atoms with Gasteiger partial charge in [-0.05, 0) is 66.0 Å². The molecule has 34 heavy (non-hydrogen) atoms. The van der Waals surface area contributed by atoms with Gasteiger partial charge < -0.3 is 0 Å². The van der Waals surface area contributed by atoms with Gasteiger partial charge in [0, 0.05) is 5.56 Å². The van der Waals surface area contributed by atoms with Crippen molar-refractivity contribution in [3.63, 3.8) is 0 Å². The molecule has 0 radical (unpaired) electrons. The van der Waals surface area contributed by atoms with Crippen LogP contribution in [0.5, 0.6) is 0 Å². The largest absolute Gasteiger partial charge is 0.206 e. The van der Waals surface area contributed by atoms with Crippen molar-refractivity contribution in [3.8, 4) is 11.1 Å². The number of halogens is 1. The van der Waals surface area contributed by atoms with Crippen LogP contribution in [-0.2, 0) is 12.8 Å². The Bertz CT molecular complexity index is 1080. The minimum atomic E-state index is -0.254. The van der Waals surface area contributed by atoms with Gasteiger partial charge in [0.25, 0.3) is 0 Å². The lowest BCUT2D eigenvalue weighted by molar-refractivity contribution is 0.631. The van der Waals surface area contributed by atoms with Gasteiger partial charge in [-0.25, -0.2) is 4.39 Å². The third-order valence-electron chi connectivity index (χ3n) is 5.91. The monoisotopic (exact) mass is 454 g/mol. The Morgan fingerprint density at radius 3 is 2.00 bits per heavy atom. The number of benzene rings is 3. The average Bonchev–Trinajstić information content (AvgIpc) is 2.86. The standard InChI is InChI=1S/C31H35FN2/c1-3-5-7-9-11-26-16-19-29(20-17-26)30-21-18-28(22-31(30)32)24-34-33-23-27-14-12-25(13-15-27)10-8-6-4-2/h4,12-24H,2-3,5-11H2,1H3. The van der Waals surface area contributed by atoms with Crippen LogP contribution in [0.25, 0.3) is 11.1 Å². The SMILES string of the molecule is C=CCCCc1ccc(C=NN=Cc2ccc(-c3ccc(CCCCCC)cc3)c(F)c2)cc1. The second kappa shape index (κ2) is 14.0. The van der Waals surface area contributed by atoms with Gasteiger partial charge in [0.05, 0.1) is 12.4 Å². The van der Waals surface area contributed by atoms with E-state index in [9.17, 15) is 4.39 Å². The summed E-state index contributed by atoms with van der Waals surface area (Å²) in [5, 5.41) is 8.19. The zero-order chi connectivity index (χ0) is 24.0. The summed E-state index contributed by atoms with van der Waals surface area (Å²) in [4.78, 5) is 0. The highest BCUT2D eigenvalue weighted by Gasteiger charge is 2.06. The van der Waals surface area contributed by atoms with Crippen LogP contribution < -0.4 is 0 Å². The van der Waals surface area contributed by atoms with Gasteiger partial charge in [0.1, 0.15) is 5.82 Å². The lowest BCUT2D eigenvalue weighted by atomic mass is 10.00. The molecule has 2 nitrogen and oxygen atoms in total. The lowest BCUT2D eigenvalue weighted by Crippen LogP contribution is -1.90. The molecule has 0 aliphatic rings. The first-order valence-electron chi connectivity index (χ1n) is 12.3. The fraction of sp³-hybridized carbons (Fsp3) is 0.290. The van der Waals surface area contributed by atoms with E-state index in [0.29, 0.717) is 11.1 Å². The van der Waals surface area contributed by atoms with Crippen molar-refractivity contribution < 1.29 is 4.39 Å². The average molecular weight is 455 g/mol. The van der Waals surface area contributed by atoms with Crippen molar-refractivity contribution in [2.75, 3.05) is 0 Å². The molecule has 0 aliphatic heterocycles. The van der Waals surface area contributed by atoms with Crippen LogP contribution in [0.2, 0.25) is 0 Å². The molecule has 0 fully saturated rings. The molecule has 0 bridgehead atoms. The number of rotatable bonds is 13. The van der Waals surface area contributed by atoms with Gasteiger partial charge in [0.15, 0.2) is 0 Å². The Labute approximate surface area is 204 Å². The summed E-state index contributed by atoms with van der Waals surface area (Å²) in [6.45, 7) is 5.98. The third-order valence-corrected chi connectivity index (χ3v) is 5.91. The first kappa shape index (κ1) is 25.3. The Balaban J connectivity index is 1.54. The van der Waals surface area contributed by atoms with E-state index < -0.39 is 0 Å². The second-order valence-electron chi connectivity index (χ2n) is 8.66. The highest BCUT2D eigenvalue weighted by molar-refractivity contribution is 5.83. The number of aryl methyl sites for hydroxylation is 2. The van der Waals surface area contributed by atoms with E-state index in [-0.39, 0.29) is 5.82 Å². The maximum absolute atomic E-state index is 14.7. The van der Waals surface area contributed by atoms with Gasteiger partial charge in [0.2, 0.25) is 0 Å².